The Labute approximate surface area is 97.0 Å². The quantitative estimate of drug-likeness (QED) is 0.397. The van der Waals surface area contributed by atoms with Crippen LogP contribution in [-0.2, 0) is 11.3 Å². The fraction of sp³-hybridized carbons (Fsp3) is 0.727. The number of hydrogen-bond donors (Lipinski definition) is 2. The summed E-state index contributed by atoms with van der Waals surface area (Å²) in [5, 5.41) is 0. The van der Waals surface area contributed by atoms with Gasteiger partial charge in [-0.25, -0.2) is 10.4 Å². The molecule has 1 heterocycles. The molecule has 0 radical (unpaired) electrons. The SMILES string of the molecule is CCCOCC(NN)c1nccn1CCC. The Morgan fingerprint density at radius 2 is 2.31 bits per heavy atom. The minimum atomic E-state index is -0.0342. The molecule has 5 heteroatoms. The number of ether oxygens (including phenoxy) is 1. The van der Waals surface area contributed by atoms with Gasteiger partial charge in [-0.15, -0.1) is 0 Å². The van der Waals surface area contributed by atoms with Gasteiger partial charge in [0.2, 0.25) is 0 Å². The van der Waals surface area contributed by atoms with Crippen molar-refractivity contribution in [2.75, 3.05) is 13.2 Å². The van der Waals surface area contributed by atoms with Crippen LogP contribution in [0.5, 0.6) is 0 Å². The fourth-order valence-electron chi connectivity index (χ4n) is 1.60. The zero-order valence-electron chi connectivity index (χ0n) is 10.1. The maximum Gasteiger partial charge on any atom is 0.129 e. The second kappa shape index (κ2) is 7.38. The van der Waals surface area contributed by atoms with Gasteiger partial charge in [-0.1, -0.05) is 13.8 Å². The predicted octanol–water partition coefficient (Wildman–Crippen LogP) is 1.22. The van der Waals surface area contributed by atoms with Crippen molar-refractivity contribution in [3.63, 3.8) is 0 Å². The van der Waals surface area contributed by atoms with E-state index in [4.69, 9.17) is 10.6 Å². The van der Waals surface area contributed by atoms with Crippen LogP contribution in [-0.4, -0.2) is 22.8 Å². The van der Waals surface area contributed by atoms with Crippen LogP contribution in [0.2, 0.25) is 0 Å². The van der Waals surface area contributed by atoms with Crippen LogP contribution in [0.15, 0.2) is 12.4 Å². The van der Waals surface area contributed by atoms with Crippen LogP contribution in [0.4, 0.5) is 0 Å². The number of aromatic nitrogens is 2. The van der Waals surface area contributed by atoms with E-state index < -0.39 is 0 Å². The van der Waals surface area contributed by atoms with Crippen LogP contribution < -0.4 is 11.3 Å². The van der Waals surface area contributed by atoms with Crippen LogP contribution in [0.25, 0.3) is 0 Å². The highest BCUT2D eigenvalue weighted by molar-refractivity contribution is 4.99. The Balaban J connectivity index is 2.59. The summed E-state index contributed by atoms with van der Waals surface area (Å²) < 4.78 is 7.61. The highest BCUT2D eigenvalue weighted by atomic mass is 16.5. The Morgan fingerprint density at radius 1 is 1.50 bits per heavy atom. The molecule has 0 saturated carbocycles. The van der Waals surface area contributed by atoms with Gasteiger partial charge in [-0.05, 0) is 12.8 Å². The molecule has 0 fully saturated rings. The summed E-state index contributed by atoms with van der Waals surface area (Å²) in [5.41, 5.74) is 2.75. The first kappa shape index (κ1) is 13.2. The van der Waals surface area contributed by atoms with Crippen LogP contribution >= 0.6 is 0 Å². The van der Waals surface area contributed by atoms with Crippen molar-refractivity contribution in [2.24, 2.45) is 5.84 Å². The summed E-state index contributed by atoms with van der Waals surface area (Å²) in [6, 6.07) is -0.0342. The monoisotopic (exact) mass is 226 g/mol. The van der Waals surface area contributed by atoms with Crippen LogP contribution in [0, 0.1) is 0 Å². The van der Waals surface area contributed by atoms with Crippen molar-refractivity contribution in [2.45, 2.75) is 39.3 Å². The summed E-state index contributed by atoms with van der Waals surface area (Å²) in [6.45, 7) is 6.50. The molecular formula is C11H22N4O. The van der Waals surface area contributed by atoms with E-state index in [9.17, 15) is 0 Å². The molecule has 0 aliphatic heterocycles. The largest absolute Gasteiger partial charge is 0.379 e. The molecule has 1 aromatic rings. The van der Waals surface area contributed by atoms with E-state index in [1.165, 1.54) is 0 Å². The summed E-state index contributed by atoms with van der Waals surface area (Å²) in [7, 11) is 0. The molecule has 0 aromatic carbocycles. The third-order valence-corrected chi connectivity index (χ3v) is 2.36. The van der Waals surface area contributed by atoms with Gasteiger partial charge in [-0.3, -0.25) is 5.84 Å². The van der Waals surface area contributed by atoms with E-state index in [1.807, 2.05) is 6.20 Å². The minimum absolute atomic E-state index is 0.0342. The molecule has 3 N–H and O–H groups in total. The zero-order valence-corrected chi connectivity index (χ0v) is 10.1. The van der Waals surface area contributed by atoms with Crippen LogP contribution in [0.3, 0.4) is 0 Å². The van der Waals surface area contributed by atoms with Gasteiger partial charge >= 0.3 is 0 Å². The number of imidazole rings is 1. The number of hydrazine groups is 1. The second-order valence-electron chi connectivity index (χ2n) is 3.77. The van der Waals surface area contributed by atoms with Gasteiger partial charge < -0.3 is 9.30 Å². The topological polar surface area (TPSA) is 65.1 Å². The molecule has 16 heavy (non-hydrogen) atoms. The lowest BCUT2D eigenvalue weighted by Gasteiger charge is -2.17. The fourth-order valence-corrected chi connectivity index (χ4v) is 1.60. The number of aryl methyl sites for hydroxylation is 1. The van der Waals surface area contributed by atoms with Crippen LogP contribution in [0.1, 0.15) is 38.6 Å². The van der Waals surface area contributed by atoms with Gasteiger partial charge in [0.05, 0.1) is 6.61 Å². The Kier molecular flexibility index (Phi) is 6.07. The van der Waals surface area contributed by atoms with Crippen molar-refractivity contribution in [1.29, 1.82) is 0 Å². The summed E-state index contributed by atoms with van der Waals surface area (Å²) >= 11 is 0. The molecule has 1 rings (SSSR count). The summed E-state index contributed by atoms with van der Waals surface area (Å²) in [4.78, 5) is 4.33. The Morgan fingerprint density at radius 3 is 2.94 bits per heavy atom. The van der Waals surface area contributed by atoms with Gasteiger partial charge in [-0.2, -0.15) is 0 Å². The first-order valence-electron chi connectivity index (χ1n) is 5.88. The lowest BCUT2D eigenvalue weighted by Crippen LogP contribution is -2.33. The molecule has 0 aliphatic carbocycles. The Bertz CT molecular complexity index is 287. The van der Waals surface area contributed by atoms with E-state index >= 15 is 0 Å². The molecule has 1 aromatic heterocycles. The first-order valence-corrected chi connectivity index (χ1v) is 5.88. The Hall–Kier alpha value is -0.910. The molecular weight excluding hydrogens is 204 g/mol. The third kappa shape index (κ3) is 3.59. The van der Waals surface area contributed by atoms with Gasteiger partial charge in [0.1, 0.15) is 11.9 Å². The molecule has 1 atom stereocenters. The highest BCUT2D eigenvalue weighted by Gasteiger charge is 2.15. The lowest BCUT2D eigenvalue weighted by atomic mass is 10.3. The average molecular weight is 226 g/mol. The molecule has 5 nitrogen and oxygen atoms in total. The van der Waals surface area contributed by atoms with Gasteiger partial charge in [0, 0.05) is 25.5 Å². The number of nitrogens with one attached hydrogen (secondary N) is 1. The van der Waals surface area contributed by atoms with E-state index in [1.54, 1.807) is 6.20 Å². The molecule has 0 saturated heterocycles. The van der Waals surface area contributed by atoms with Crippen molar-refractivity contribution < 1.29 is 4.74 Å². The number of nitrogens with two attached hydrogens (primary N) is 1. The molecule has 0 amide bonds. The molecule has 0 bridgehead atoms. The van der Waals surface area contributed by atoms with Crippen molar-refractivity contribution in [3.05, 3.63) is 18.2 Å². The summed E-state index contributed by atoms with van der Waals surface area (Å²) in [5.74, 6) is 6.47. The third-order valence-electron chi connectivity index (χ3n) is 2.36. The minimum Gasteiger partial charge on any atom is -0.379 e. The zero-order chi connectivity index (χ0) is 11.8. The smallest absolute Gasteiger partial charge is 0.129 e. The second-order valence-corrected chi connectivity index (χ2v) is 3.77. The van der Waals surface area contributed by atoms with E-state index in [0.29, 0.717) is 6.61 Å². The molecule has 0 aliphatic rings. The van der Waals surface area contributed by atoms with Crippen molar-refractivity contribution >= 4 is 0 Å². The van der Waals surface area contributed by atoms with Crippen molar-refractivity contribution in [3.8, 4) is 0 Å². The maximum absolute atomic E-state index is 5.53. The molecule has 1 unspecified atom stereocenters. The number of hydrogen-bond acceptors (Lipinski definition) is 4. The highest BCUT2D eigenvalue weighted by Crippen LogP contribution is 2.11. The number of nitrogens with zero attached hydrogens (tertiary/aromatic N) is 2. The average Bonchev–Trinajstić information content (AvgIpc) is 2.73. The van der Waals surface area contributed by atoms with Gasteiger partial charge in [0.15, 0.2) is 0 Å². The lowest BCUT2D eigenvalue weighted by molar-refractivity contribution is 0.108. The van der Waals surface area contributed by atoms with E-state index in [-0.39, 0.29) is 6.04 Å². The first-order chi connectivity index (χ1) is 7.83. The normalized spacial score (nSPS) is 12.9. The summed E-state index contributed by atoms with van der Waals surface area (Å²) in [6.07, 6.45) is 5.87. The standard InChI is InChI=1S/C11H22N4O/c1-3-6-15-7-5-13-11(15)10(14-12)9-16-8-4-2/h5,7,10,14H,3-4,6,8-9,12H2,1-2H3. The molecule has 92 valence electrons. The van der Waals surface area contributed by atoms with Crippen molar-refractivity contribution in [1.82, 2.24) is 15.0 Å². The predicted molar refractivity (Wildman–Crippen MR) is 63.7 cm³/mol. The molecule has 0 spiro atoms. The van der Waals surface area contributed by atoms with E-state index in [0.717, 1.165) is 31.8 Å². The van der Waals surface area contributed by atoms with E-state index in [2.05, 4.69) is 28.8 Å². The maximum atomic E-state index is 5.53. The van der Waals surface area contributed by atoms with Gasteiger partial charge in [0.25, 0.3) is 0 Å². The number of rotatable bonds is 8.